The van der Waals surface area contributed by atoms with E-state index in [0.29, 0.717) is 38.5 Å². The van der Waals surface area contributed by atoms with Crippen LogP contribution in [0.2, 0.25) is 39.3 Å². The van der Waals surface area contributed by atoms with Crippen LogP contribution in [0.5, 0.6) is 0 Å². The van der Waals surface area contributed by atoms with E-state index in [0.717, 1.165) is 179 Å². The second kappa shape index (κ2) is 26.5. The second-order valence-corrected chi connectivity index (χ2v) is 368. The van der Waals surface area contributed by atoms with Gasteiger partial charge < -0.3 is 0 Å². The van der Waals surface area contributed by atoms with Crippen molar-refractivity contribution < 1.29 is 48.1 Å². The molecule has 0 fully saturated rings. The number of fused-ring (bicyclic) bond motifs is 6. The van der Waals surface area contributed by atoms with E-state index in [9.17, 15) is 51.1 Å². The average molecular weight is 1950 g/mol. The molecule has 0 aliphatic heterocycles. The zero-order valence-electron chi connectivity index (χ0n) is 68.8. The van der Waals surface area contributed by atoms with Crippen LogP contribution < -0.4 is 0 Å². The van der Waals surface area contributed by atoms with Crippen LogP contribution in [0, 0.1) is 13.8 Å². The van der Waals surface area contributed by atoms with Crippen LogP contribution in [0.25, 0.3) is 104 Å². The summed E-state index contributed by atoms with van der Waals surface area (Å²) in [5.74, 6) is -6.98. The van der Waals surface area contributed by atoms with Crippen LogP contribution in [0.15, 0.2) is 267 Å². The molecule has 6 aromatic carbocycles. The maximum absolute atomic E-state index is 13.7. The van der Waals surface area contributed by atoms with E-state index in [1.165, 1.54) is 0 Å². The van der Waals surface area contributed by atoms with Gasteiger partial charge in [0.15, 0.2) is 0 Å². The molecule has 0 amide bonds. The van der Waals surface area contributed by atoms with E-state index in [4.69, 9.17) is 26.5 Å². The summed E-state index contributed by atoms with van der Waals surface area (Å²) in [6, 6.07) is 62.2. The van der Waals surface area contributed by atoms with E-state index in [-0.39, 0.29) is 0 Å². The SMILES string of the molecule is CCC1=Cc2c(-c3ccoc3)cccc2[CH]1[Zr]([Cl])([Cl])([CH]1C(CC)=Cc2c(-c3ccoc3)cccc21)([SiH](C)C)[Zr]([Cl])([Cl])([CH]1C(CC)=Cc2c(-c3ccc(C)o3)cccc21)([CH]1C(CC)=Cc2c(-c3ccc(C)o3)cccc21)([SiH](C)C)[Zr]([Cl])([Cl])([CH]1C(CC)=Cc2c(-c3ccco3)cccc21)([CH]1C(CC)=Cc2c(-c3ccco3)cccc21)[SiH](C)C. The van der Waals surface area contributed by atoms with Crippen LogP contribution in [-0.2, 0) is 21.6 Å². The molecule has 0 radical (unpaired) electrons. The van der Waals surface area contributed by atoms with E-state index in [1.54, 1.807) is 25.1 Å². The van der Waals surface area contributed by atoms with Gasteiger partial charge in [0, 0.05) is 0 Å². The van der Waals surface area contributed by atoms with Gasteiger partial charge in [0.1, 0.15) is 0 Å². The molecule has 6 atom stereocenters. The van der Waals surface area contributed by atoms with Crippen molar-refractivity contribution >= 4 is 105 Å². The summed E-state index contributed by atoms with van der Waals surface area (Å²) in [6.45, 7) is 33.7. The van der Waals surface area contributed by atoms with Crippen molar-refractivity contribution in [3.8, 4) is 67.5 Å². The van der Waals surface area contributed by atoms with Gasteiger partial charge in [-0.05, 0) is 0 Å². The Bertz CT molecular complexity index is 5770. The van der Waals surface area contributed by atoms with E-state index >= 15 is 0 Å². The van der Waals surface area contributed by atoms with Gasteiger partial charge in [-0.2, -0.15) is 0 Å². The van der Waals surface area contributed by atoms with Crippen LogP contribution in [0.4, 0.5) is 0 Å². The molecule has 18 rings (SSSR count). The fourth-order valence-electron chi connectivity index (χ4n) is 29.7. The van der Waals surface area contributed by atoms with Gasteiger partial charge in [-0.1, -0.05) is 0 Å². The second-order valence-electron chi connectivity index (χ2n) is 36.4. The summed E-state index contributed by atoms with van der Waals surface area (Å²) in [7, 11) is 59.9. The van der Waals surface area contributed by atoms with Crippen LogP contribution in [0.3, 0.4) is 0 Å². The number of benzene rings is 6. The molecule has 18 heteroatoms. The van der Waals surface area contributed by atoms with Crippen LogP contribution in [-0.4, -0.2) is 17.8 Å². The van der Waals surface area contributed by atoms with Crippen molar-refractivity contribution in [2.75, 3.05) is 0 Å². The first-order valence-electron chi connectivity index (χ1n) is 42.1. The molecule has 6 aromatic heterocycles. The number of furan rings is 6. The number of hydrogen-bond donors (Lipinski definition) is 0. The Morgan fingerprint density at radius 3 is 0.862 bits per heavy atom. The molecule has 6 nitrogen and oxygen atoms in total. The Kier molecular flexibility index (Phi) is 18.6. The Morgan fingerprint density at radius 2 is 0.603 bits per heavy atom. The summed E-state index contributed by atoms with van der Waals surface area (Å²) >= 11 is 0. The molecule has 6 heterocycles. The first-order valence-corrected chi connectivity index (χ1v) is 108. The van der Waals surface area contributed by atoms with Crippen molar-refractivity contribution in [2.45, 2.75) is 155 Å². The first kappa shape index (κ1) is 81.5. The number of aryl methyl sites for hydroxylation is 2. The molecule has 0 N–H and O–H groups in total. The van der Waals surface area contributed by atoms with Gasteiger partial charge >= 0.3 is 695 Å². The zero-order valence-corrected chi connectivity index (χ0v) is 84.1. The molecular weight excluding hydrogens is 1840 g/mol. The van der Waals surface area contributed by atoms with Gasteiger partial charge in [-0.15, -0.1) is 0 Å². The molecule has 12 aromatic rings. The Morgan fingerprint density at radius 1 is 0.319 bits per heavy atom. The number of rotatable bonds is 23. The third-order valence-electron chi connectivity index (χ3n) is 33.3. The molecule has 0 bridgehead atoms. The Labute approximate surface area is 686 Å². The van der Waals surface area contributed by atoms with Crippen molar-refractivity contribution in [3.63, 3.8) is 0 Å². The topological polar surface area (TPSA) is 78.8 Å². The standard InChI is InChI=1S/2C16H15O.4C15H13O.3C2H7Si.6ClH.3Zr/c2*1-3-12-9-13-5-4-6-14(15(13)10-12)16-8-7-11(2)17-16;2*1-2-11-9-12-5-3-6-13(14(12)10-11)15-7-4-8-16-15;2*1-2-11-8-12-4-3-5-14(15(12)9-11)13-6-7-16-10-13;3*1-3-2;;;;;;;;;/h2*4-10H,3H2,1-2H3;4*3-10H,2H2,1H3;3*3H,1-2H3;6*1H;;;/q;;;;;;;;;;;;;;;3*+2/p-6. The third-order valence-corrected chi connectivity index (χ3v) is 1080. The molecule has 6 aliphatic rings. The van der Waals surface area contributed by atoms with Gasteiger partial charge in [-0.25, -0.2) is 0 Å². The van der Waals surface area contributed by atoms with Gasteiger partial charge in [0.05, 0.1) is 0 Å². The Balaban J connectivity index is 1.29. The zero-order chi connectivity index (χ0) is 81.6. The quantitative estimate of drug-likeness (QED) is 0.0594. The average Bonchev–Trinajstić information content (AvgIpc) is 0.845. The number of halogens is 6. The van der Waals surface area contributed by atoms with Crippen LogP contribution >= 0.6 is 51.1 Å². The van der Waals surface area contributed by atoms with Crippen molar-refractivity contribution in [1.82, 2.24) is 0 Å². The van der Waals surface area contributed by atoms with Crippen molar-refractivity contribution in [2.24, 2.45) is 0 Å². The van der Waals surface area contributed by atoms with Crippen LogP contribution in [0.1, 0.15) is 180 Å². The van der Waals surface area contributed by atoms with Crippen molar-refractivity contribution in [3.05, 3.63) is 319 Å². The minimum absolute atomic E-state index is 0.468. The van der Waals surface area contributed by atoms with Gasteiger partial charge in [-0.3, -0.25) is 0 Å². The summed E-state index contributed by atoms with van der Waals surface area (Å²) in [4.78, 5) is 0. The summed E-state index contributed by atoms with van der Waals surface area (Å²) in [5.41, 5.74) is 26.0. The number of hydrogen-bond acceptors (Lipinski definition) is 6. The summed E-state index contributed by atoms with van der Waals surface area (Å²) in [5, 5.41) is 0. The minimum atomic E-state index is -10.9. The van der Waals surface area contributed by atoms with E-state index in [1.807, 2.05) is 38.5 Å². The summed E-state index contributed by atoms with van der Waals surface area (Å²) < 4.78 is 23.3. The molecule has 6 aliphatic carbocycles. The molecular formula is C98H103Cl6O6Si3Zr3. The Hall–Kier alpha value is -5.52. The molecule has 597 valence electrons. The fourth-order valence-corrected chi connectivity index (χ4v) is 1920. The number of allylic oxidation sites excluding steroid dienone is 6. The van der Waals surface area contributed by atoms with E-state index in [2.05, 4.69) is 275 Å². The predicted octanol–water partition coefficient (Wildman–Crippen LogP) is 32.4. The third kappa shape index (κ3) is 8.30. The molecule has 0 saturated heterocycles. The normalized spacial score (nSPS) is 21.1. The monoisotopic (exact) mass is 1940 g/mol. The molecule has 6 unspecified atom stereocenters. The summed E-state index contributed by atoms with van der Waals surface area (Å²) in [6.07, 6.45) is 29.0. The fraction of sp³-hybridized carbons (Fsp3) is 0.265. The van der Waals surface area contributed by atoms with Gasteiger partial charge in [0.25, 0.3) is 0 Å². The molecule has 0 spiro atoms. The molecule has 0 saturated carbocycles. The van der Waals surface area contributed by atoms with Gasteiger partial charge in [0.2, 0.25) is 0 Å². The maximum atomic E-state index is 13.7. The first-order chi connectivity index (χ1) is 55.4. The van der Waals surface area contributed by atoms with Crippen molar-refractivity contribution in [1.29, 1.82) is 0 Å². The predicted molar refractivity (Wildman–Crippen MR) is 492 cm³/mol. The molecule has 116 heavy (non-hydrogen) atoms. The van der Waals surface area contributed by atoms with E-state index < -0.39 is 61.1 Å².